The van der Waals surface area contributed by atoms with Crippen molar-refractivity contribution in [3.63, 3.8) is 0 Å². The molecule has 2 atom stereocenters. The first-order valence-corrected chi connectivity index (χ1v) is 12.7. The van der Waals surface area contributed by atoms with Crippen LogP contribution in [0.1, 0.15) is 51.2 Å². The highest BCUT2D eigenvalue weighted by molar-refractivity contribution is 5.98. The van der Waals surface area contributed by atoms with Crippen LogP contribution in [0, 0.1) is 19.8 Å². The van der Waals surface area contributed by atoms with Crippen molar-refractivity contribution in [2.24, 2.45) is 5.92 Å². The Bertz CT molecular complexity index is 1300. The van der Waals surface area contributed by atoms with Gasteiger partial charge in [0, 0.05) is 43.6 Å². The van der Waals surface area contributed by atoms with Gasteiger partial charge >= 0.3 is 0 Å². The number of piperazine rings is 1. The predicted octanol–water partition coefficient (Wildman–Crippen LogP) is 4.31. The van der Waals surface area contributed by atoms with E-state index in [0.29, 0.717) is 6.04 Å². The summed E-state index contributed by atoms with van der Waals surface area (Å²) < 4.78 is 1.88. The van der Waals surface area contributed by atoms with Gasteiger partial charge < -0.3 is 4.90 Å². The summed E-state index contributed by atoms with van der Waals surface area (Å²) in [5.41, 5.74) is 7.90. The maximum atomic E-state index is 13.7. The average molecular weight is 473 g/mol. The lowest BCUT2D eigenvalue weighted by Crippen LogP contribution is -2.51. The molecule has 5 heterocycles. The summed E-state index contributed by atoms with van der Waals surface area (Å²) in [7, 11) is 0. The molecule has 184 valence electrons. The second kappa shape index (κ2) is 9.11. The Morgan fingerprint density at radius 3 is 2.66 bits per heavy atom. The molecule has 0 radical (unpaired) electrons. The van der Waals surface area contributed by atoms with Gasteiger partial charge in [0.15, 0.2) is 0 Å². The number of aromatic nitrogens is 3. The average Bonchev–Trinajstić information content (AvgIpc) is 3.24. The number of rotatable bonds is 3. The van der Waals surface area contributed by atoms with Crippen LogP contribution in [0.15, 0.2) is 53.7 Å². The highest BCUT2D eigenvalue weighted by Gasteiger charge is 2.29. The van der Waals surface area contributed by atoms with Crippen LogP contribution in [0.4, 0.5) is 0 Å². The number of aryl methyl sites for hydroxylation is 2. The molecule has 7 nitrogen and oxygen atoms in total. The number of hydrogen-bond acceptors (Lipinski definition) is 5. The minimum Gasteiger partial charge on any atom is -0.367 e. The predicted molar refractivity (Wildman–Crippen MR) is 139 cm³/mol. The van der Waals surface area contributed by atoms with E-state index in [1.165, 1.54) is 0 Å². The smallest absolute Gasteiger partial charge is 0.255 e. The van der Waals surface area contributed by atoms with E-state index in [2.05, 4.69) is 60.7 Å². The van der Waals surface area contributed by atoms with Gasteiger partial charge in [-0.05, 0) is 69.9 Å². The molecule has 1 amide bonds. The molecular formula is C28H36N6O. The first-order valence-electron chi connectivity index (χ1n) is 12.7. The normalized spacial score (nSPS) is 23.9. The maximum absolute atomic E-state index is 13.7. The quantitative estimate of drug-likeness (QED) is 0.666. The third-order valence-corrected chi connectivity index (χ3v) is 7.59. The van der Waals surface area contributed by atoms with Gasteiger partial charge in [-0.15, -0.1) is 0 Å². The maximum Gasteiger partial charge on any atom is 0.255 e. The Kier molecular flexibility index (Phi) is 6.13. The van der Waals surface area contributed by atoms with E-state index < -0.39 is 0 Å². The molecule has 2 aromatic rings. The monoisotopic (exact) mass is 472 g/mol. The minimum absolute atomic E-state index is 0.0222. The largest absolute Gasteiger partial charge is 0.367 e. The summed E-state index contributed by atoms with van der Waals surface area (Å²) in [5, 5.41) is 4.82. The molecule has 3 aliphatic rings. The zero-order valence-electron chi connectivity index (χ0n) is 21.7. The van der Waals surface area contributed by atoms with Crippen LogP contribution in [0.3, 0.4) is 0 Å². The van der Waals surface area contributed by atoms with E-state index in [-0.39, 0.29) is 11.8 Å². The van der Waals surface area contributed by atoms with Gasteiger partial charge in [-0.3, -0.25) is 19.6 Å². The summed E-state index contributed by atoms with van der Waals surface area (Å²) in [6.07, 6.45) is 11.0. The standard InChI is InChI=1S/C28H36N6O/c1-7-31-10-11-32(16-21(31)5)23-12-19(3)26-9-8-18(2)24(13-28(35)33(26)17-23)25-14-27-22(6)29-20(4)15-34(27)30-25/h9,12-15,17-18,21H,7-8,10-11,16H2,1-6H3. The second-order valence-corrected chi connectivity index (χ2v) is 10.2. The first-order chi connectivity index (χ1) is 16.7. The highest BCUT2D eigenvalue weighted by Crippen LogP contribution is 2.34. The number of carbonyl (C=O) groups is 1. The topological polar surface area (TPSA) is 57.0 Å². The molecule has 2 aromatic heterocycles. The summed E-state index contributed by atoms with van der Waals surface area (Å²) in [5.74, 6) is 0.153. The van der Waals surface area contributed by atoms with Crippen LogP contribution in [-0.4, -0.2) is 67.4 Å². The zero-order chi connectivity index (χ0) is 24.9. The minimum atomic E-state index is -0.0222. The molecular weight excluding hydrogens is 436 g/mol. The van der Waals surface area contributed by atoms with Crippen molar-refractivity contribution < 1.29 is 4.79 Å². The van der Waals surface area contributed by atoms with Crippen LogP contribution >= 0.6 is 0 Å². The summed E-state index contributed by atoms with van der Waals surface area (Å²) in [6, 6.07) is 2.55. The van der Waals surface area contributed by atoms with Crippen molar-refractivity contribution in [1.82, 2.24) is 29.3 Å². The van der Waals surface area contributed by atoms with Crippen molar-refractivity contribution in [3.8, 4) is 0 Å². The number of amides is 1. The van der Waals surface area contributed by atoms with E-state index in [4.69, 9.17) is 5.10 Å². The molecule has 0 bridgehead atoms. The molecule has 0 N–H and O–H groups in total. The fourth-order valence-corrected chi connectivity index (χ4v) is 5.56. The molecule has 7 heteroatoms. The third-order valence-electron chi connectivity index (χ3n) is 7.59. The number of hydrogen-bond donors (Lipinski definition) is 0. The van der Waals surface area contributed by atoms with Crippen LogP contribution < -0.4 is 0 Å². The summed E-state index contributed by atoms with van der Waals surface area (Å²) >= 11 is 0. The van der Waals surface area contributed by atoms with Gasteiger partial charge in [0.2, 0.25) is 0 Å². The Morgan fingerprint density at radius 2 is 1.91 bits per heavy atom. The van der Waals surface area contributed by atoms with Gasteiger partial charge in [-0.1, -0.05) is 19.9 Å². The van der Waals surface area contributed by atoms with Gasteiger partial charge in [0.25, 0.3) is 5.91 Å². The van der Waals surface area contributed by atoms with Crippen molar-refractivity contribution in [3.05, 3.63) is 70.7 Å². The van der Waals surface area contributed by atoms with E-state index >= 15 is 0 Å². The van der Waals surface area contributed by atoms with E-state index in [0.717, 1.165) is 77.7 Å². The van der Waals surface area contributed by atoms with Crippen molar-refractivity contribution in [1.29, 1.82) is 0 Å². The van der Waals surface area contributed by atoms with Crippen molar-refractivity contribution in [2.45, 2.75) is 54.0 Å². The van der Waals surface area contributed by atoms with Gasteiger partial charge in [0.05, 0.1) is 34.5 Å². The molecule has 0 aromatic carbocycles. The fourth-order valence-electron chi connectivity index (χ4n) is 5.56. The molecule has 0 saturated carbocycles. The van der Waals surface area contributed by atoms with Gasteiger partial charge in [-0.2, -0.15) is 5.10 Å². The molecule has 0 spiro atoms. The van der Waals surface area contributed by atoms with Crippen LogP contribution in [0.25, 0.3) is 11.1 Å². The number of allylic oxidation sites excluding steroid dienone is 4. The second-order valence-electron chi connectivity index (χ2n) is 10.2. The molecule has 1 fully saturated rings. The third kappa shape index (κ3) is 4.33. The lowest BCUT2D eigenvalue weighted by atomic mass is 9.91. The van der Waals surface area contributed by atoms with Crippen LogP contribution in [-0.2, 0) is 4.79 Å². The SMILES string of the molecule is CCN1CCN(C2=CN3C(=O)C=C(c4cc5c(C)nc(C)cn5n4)C(C)CC=C3C(C)=C2)CC1C. The van der Waals surface area contributed by atoms with E-state index in [1.54, 1.807) is 6.08 Å². The number of nitrogens with zero attached hydrogens (tertiary/aromatic N) is 6. The van der Waals surface area contributed by atoms with Crippen molar-refractivity contribution in [2.75, 3.05) is 26.2 Å². The van der Waals surface area contributed by atoms with Gasteiger partial charge in [0.1, 0.15) is 0 Å². The molecule has 0 aliphatic carbocycles. The Labute approximate surface area is 208 Å². The molecule has 3 aliphatic heterocycles. The molecule has 1 saturated heterocycles. The Balaban J connectivity index is 1.49. The summed E-state index contributed by atoms with van der Waals surface area (Å²) in [4.78, 5) is 25.0. The van der Waals surface area contributed by atoms with Crippen LogP contribution in [0.5, 0.6) is 0 Å². The number of fused-ring (bicyclic) bond motifs is 2. The van der Waals surface area contributed by atoms with E-state index in [1.807, 2.05) is 35.7 Å². The fraction of sp³-hybridized carbons (Fsp3) is 0.464. The summed E-state index contributed by atoms with van der Waals surface area (Å²) in [6.45, 7) is 16.8. The first kappa shape index (κ1) is 23.5. The van der Waals surface area contributed by atoms with Crippen LogP contribution in [0.2, 0.25) is 0 Å². The Morgan fingerprint density at radius 1 is 1.11 bits per heavy atom. The molecule has 35 heavy (non-hydrogen) atoms. The van der Waals surface area contributed by atoms with Crippen molar-refractivity contribution >= 4 is 17.0 Å². The zero-order valence-corrected chi connectivity index (χ0v) is 21.7. The highest BCUT2D eigenvalue weighted by atomic mass is 16.2. The van der Waals surface area contributed by atoms with E-state index in [9.17, 15) is 4.79 Å². The lowest BCUT2D eigenvalue weighted by Gasteiger charge is -2.42. The van der Waals surface area contributed by atoms with Gasteiger partial charge in [-0.25, -0.2) is 4.52 Å². The number of likely N-dealkylation sites (N-methyl/N-ethyl adjacent to an activating group) is 1. The molecule has 2 unspecified atom stereocenters. The molecule has 5 rings (SSSR count). The lowest BCUT2D eigenvalue weighted by molar-refractivity contribution is -0.122. The Hall–Kier alpha value is -3.19. The number of carbonyl (C=O) groups excluding carboxylic acids is 1.